The Morgan fingerprint density at radius 3 is 2.75 bits per heavy atom. The molecule has 1 aliphatic rings. The van der Waals surface area contributed by atoms with Gasteiger partial charge in [-0.2, -0.15) is 0 Å². The summed E-state index contributed by atoms with van der Waals surface area (Å²) in [6.45, 7) is 1.42. The van der Waals surface area contributed by atoms with Crippen molar-refractivity contribution in [2.45, 2.75) is 19.1 Å². The van der Waals surface area contributed by atoms with Crippen LogP contribution in [0.2, 0.25) is 0 Å². The number of aromatic nitrogens is 2. The highest BCUT2D eigenvalue weighted by Crippen LogP contribution is 2.24. The van der Waals surface area contributed by atoms with E-state index >= 15 is 0 Å². The minimum absolute atomic E-state index is 0.0305. The smallest absolute Gasteiger partial charge is 0.306 e. The summed E-state index contributed by atoms with van der Waals surface area (Å²) in [5.41, 5.74) is 4.30. The van der Waals surface area contributed by atoms with Crippen molar-refractivity contribution in [2.24, 2.45) is 0 Å². The number of hydrogen-bond donors (Lipinski definition) is 2. The van der Waals surface area contributed by atoms with Crippen LogP contribution in [0, 0.1) is 0 Å². The summed E-state index contributed by atoms with van der Waals surface area (Å²) in [6, 6.07) is 16.4. The van der Waals surface area contributed by atoms with Gasteiger partial charge in [-0.1, -0.05) is 42.5 Å². The highest BCUT2D eigenvalue weighted by Gasteiger charge is 2.20. The van der Waals surface area contributed by atoms with Gasteiger partial charge in [-0.25, -0.2) is 4.79 Å². The van der Waals surface area contributed by atoms with Gasteiger partial charge in [-0.15, -0.1) is 0 Å². The van der Waals surface area contributed by atoms with Crippen LogP contribution in [0.15, 0.2) is 53.3 Å². The van der Waals surface area contributed by atoms with Crippen molar-refractivity contribution in [1.29, 1.82) is 0 Å². The van der Waals surface area contributed by atoms with Crippen LogP contribution in [0.25, 0.3) is 11.0 Å². The molecule has 1 aromatic heterocycles. The molecule has 0 saturated carbocycles. The van der Waals surface area contributed by atoms with Gasteiger partial charge in [0.1, 0.15) is 0 Å². The number of imidazole rings is 1. The fourth-order valence-corrected chi connectivity index (χ4v) is 3.00. The average Bonchev–Trinajstić information content (AvgIpc) is 2.69. The summed E-state index contributed by atoms with van der Waals surface area (Å²) < 4.78 is 1.85. The quantitative estimate of drug-likeness (QED) is 0.708. The van der Waals surface area contributed by atoms with Crippen LogP contribution in [0.3, 0.4) is 0 Å². The van der Waals surface area contributed by atoms with Crippen LogP contribution in [0.5, 0.6) is 0 Å². The summed E-state index contributed by atoms with van der Waals surface area (Å²) in [5.74, 6) is 0. The Kier molecular flexibility index (Phi) is 2.50. The maximum atomic E-state index is 12.2. The van der Waals surface area contributed by atoms with Crippen LogP contribution in [0.4, 0.5) is 0 Å². The molecule has 0 bridgehead atoms. The summed E-state index contributed by atoms with van der Waals surface area (Å²) in [7, 11) is 0. The van der Waals surface area contributed by atoms with Gasteiger partial charge in [0.15, 0.2) is 0 Å². The summed E-state index contributed by atoms with van der Waals surface area (Å²) in [5, 5.41) is 3.54. The first-order chi connectivity index (χ1) is 9.83. The molecule has 4 nitrogen and oxygen atoms in total. The first kappa shape index (κ1) is 11.5. The van der Waals surface area contributed by atoms with Crippen LogP contribution in [-0.2, 0) is 13.1 Å². The largest absolute Gasteiger partial charge is 0.326 e. The number of rotatable bonds is 1. The zero-order valence-electron chi connectivity index (χ0n) is 11.0. The van der Waals surface area contributed by atoms with Crippen molar-refractivity contribution in [1.82, 2.24) is 14.9 Å². The van der Waals surface area contributed by atoms with Gasteiger partial charge in [0.2, 0.25) is 0 Å². The molecule has 20 heavy (non-hydrogen) atoms. The van der Waals surface area contributed by atoms with Crippen molar-refractivity contribution >= 4 is 11.0 Å². The molecule has 100 valence electrons. The number of nitrogens with zero attached hydrogens (tertiary/aromatic N) is 1. The van der Waals surface area contributed by atoms with Gasteiger partial charge in [0, 0.05) is 13.1 Å². The molecule has 1 unspecified atom stereocenters. The Morgan fingerprint density at radius 2 is 1.90 bits per heavy atom. The first-order valence-electron chi connectivity index (χ1n) is 6.81. The minimum Gasteiger partial charge on any atom is -0.306 e. The predicted molar refractivity (Wildman–Crippen MR) is 78.6 cm³/mol. The molecule has 0 aliphatic carbocycles. The number of benzene rings is 2. The number of aromatic amines is 1. The number of nitrogens with one attached hydrogen (secondary N) is 2. The molecule has 1 aliphatic heterocycles. The van der Waals surface area contributed by atoms with Crippen molar-refractivity contribution in [3.63, 3.8) is 0 Å². The molecule has 2 heterocycles. The van der Waals surface area contributed by atoms with Crippen LogP contribution < -0.4 is 11.0 Å². The van der Waals surface area contributed by atoms with Crippen LogP contribution in [-0.4, -0.2) is 9.55 Å². The lowest BCUT2D eigenvalue weighted by Gasteiger charge is -2.16. The SMILES string of the molecule is O=c1[nH]c2cccc3c2n1CC(c1ccccc1)NC3. The molecule has 2 aromatic carbocycles. The third-order valence-corrected chi connectivity index (χ3v) is 3.98. The molecule has 4 rings (SSSR count). The lowest BCUT2D eigenvalue weighted by atomic mass is 10.1. The fourth-order valence-electron chi connectivity index (χ4n) is 3.00. The van der Waals surface area contributed by atoms with Gasteiger partial charge in [0.05, 0.1) is 17.1 Å². The van der Waals surface area contributed by atoms with E-state index in [0.29, 0.717) is 6.54 Å². The van der Waals surface area contributed by atoms with E-state index < -0.39 is 0 Å². The van der Waals surface area contributed by atoms with E-state index in [9.17, 15) is 4.79 Å². The minimum atomic E-state index is -0.0305. The molecular formula is C16H15N3O. The maximum Gasteiger partial charge on any atom is 0.326 e. The highest BCUT2D eigenvalue weighted by molar-refractivity contribution is 5.79. The number of hydrogen-bond acceptors (Lipinski definition) is 2. The second-order valence-corrected chi connectivity index (χ2v) is 5.20. The Balaban J connectivity index is 1.86. The number of para-hydroxylation sites is 1. The van der Waals surface area contributed by atoms with E-state index in [-0.39, 0.29) is 11.7 Å². The van der Waals surface area contributed by atoms with E-state index in [1.165, 1.54) is 11.1 Å². The summed E-state index contributed by atoms with van der Waals surface area (Å²) in [6.07, 6.45) is 0. The van der Waals surface area contributed by atoms with E-state index in [1.807, 2.05) is 34.9 Å². The van der Waals surface area contributed by atoms with E-state index in [0.717, 1.165) is 17.6 Å². The first-order valence-corrected chi connectivity index (χ1v) is 6.81. The van der Waals surface area contributed by atoms with Crippen molar-refractivity contribution in [2.75, 3.05) is 0 Å². The fraction of sp³-hybridized carbons (Fsp3) is 0.188. The Labute approximate surface area is 116 Å². The topological polar surface area (TPSA) is 49.8 Å². The van der Waals surface area contributed by atoms with E-state index in [2.05, 4.69) is 28.5 Å². The van der Waals surface area contributed by atoms with Crippen molar-refractivity contribution in [3.05, 3.63) is 70.1 Å². The molecular weight excluding hydrogens is 250 g/mol. The standard InChI is InChI=1S/C16H15N3O/c20-16-18-13-8-4-7-12-9-17-14(10-19(16)15(12)13)11-5-2-1-3-6-11/h1-8,14,17H,9-10H2,(H,18,20). The molecule has 0 saturated heterocycles. The van der Waals surface area contributed by atoms with Gasteiger partial charge >= 0.3 is 5.69 Å². The Morgan fingerprint density at radius 1 is 1.05 bits per heavy atom. The lowest BCUT2D eigenvalue weighted by molar-refractivity contribution is 0.476. The van der Waals surface area contributed by atoms with Gasteiger partial charge < -0.3 is 10.3 Å². The molecule has 1 atom stereocenters. The monoisotopic (exact) mass is 265 g/mol. The zero-order valence-corrected chi connectivity index (χ0v) is 11.0. The van der Waals surface area contributed by atoms with Crippen molar-refractivity contribution in [3.8, 4) is 0 Å². The average molecular weight is 265 g/mol. The second kappa shape index (κ2) is 4.35. The number of H-pyrrole nitrogens is 1. The Hall–Kier alpha value is -2.33. The van der Waals surface area contributed by atoms with E-state index in [1.54, 1.807) is 0 Å². The molecule has 0 radical (unpaired) electrons. The zero-order chi connectivity index (χ0) is 13.5. The predicted octanol–water partition coefficient (Wildman–Crippen LogP) is 2.17. The second-order valence-electron chi connectivity index (χ2n) is 5.20. The molecule has 0 amide bonds. The van der Waals surface area contributed by atoms with Gasteiger partial charge in [-0.3, -0.25) is 4.57 Å². The van der Waals surface area contributed by atoms with Gasteiger partial charge in [0.25, 0.3) is 0 Å². The van der Waals surface area contributed by atoms with Crippen molar-refractivity contribution < 1.29 is 0 Å². The van der Waals surface area contributed by atoms with Gasteiger partial charge in [-0.05, 0) is 17.2 Å². The molecule has 3 aromatic rings. The third-order valence-electron chi connectivity index (χ3n) is 3.98. The normalized spacial score (nSPS) is 18.1. The lowest BCUT2D eigenvalue weighted by Crippen LogP contribution is -2.26. The molecule has 0 fully saturated rings. The molecule has 2 N–H and O–H groups in total. The summed E-state index contributed by atoms with van der Waals surface area (Å²) in [4.78, 5) is 15.1. The molecule has 0 spiro atoms. The van der Waals surface area contributed by atoms with Crippen LogP contribution >= 0.6 is 0 Å². The van der Waals surface area contributed by atoms with E-state index in [4.69, 9.17) is 0 Å². The molecule has 4 heteroatoms. The maximum absolute atomic E-state index is 12.2. The Bertz CT molecular complexity index is 817. The highest BCUT2D eigenvalue weighted by atomic mass is 16.1. The third kappa shape index (κ3) is 1.69. The van der Waals surface area contributed by atoms with Crippen LogP contribution in [0.1, 0.15) is 17.2 Å². The summed E-state index contributed by atoms with van der Waals surface area (Å²) >= 11 is 0.